The number of rotatable bonds is 4. The summed E-state index contributed by atoms with van der Waals surface area (Å²) in [5.41, 5.74) is 1.93. The zero-order chi connectivity index (χ0) is 23.0. The second-order valence-corrected chi connectivity index (χ2v) is 9.83. The summed E-state index contributed by atoms with van der Waals surface area (Å²) in [6.07, 6.45) is 0. The molecule has 2 heterocycles. The van der Waals surface area contributed by atoms with E-state index in [0.29, 0.717) is 22.0 Å². The van der Waals surface area contributed by atoms with Crippen molar-refractivity contribution in [3.63, 3.8) is 0 Å². The number of carbonyl (C=O) groups is 2. The molecule has 8 heteroatoms. The molecular formula is C24H26N4O3S. The van der Waals surface area contributed by atoms with Crippen LogP contribution in [0.2, 0.25) is 0 Å². The predicted octanol–water partition coefficient (Wildman–Crippen LogP) is 4.39. The summed E-state index contributed by atoms with van der Waals surface area (Å²) >= 11 is 1.37. The van der Waals surface area contributed by atoms with Crippen LogP contribution in [0.1, 0.15) is 59.2 Å². The fourth-order valence-electron chi connectivity index (χ4n) is 3.93. The highest BCUT2D eigenvalue weighted by atomic mass is 32.1. The van der Waals surface area contributed by atoms with Gasteiger partial charge in [-0.25, -0.2) is 0 Å². The van der Waals surface area contributed by atoms with E-state index in [1.165, 1.54) is 11.3 Å². The minimum Gasteiger partial charge on any atom is -0.497 e. The maximum atomic E-state index is 13.6. The van der Waals surface area contributed by atoms with Crippen molar-refractivity contribution in [2.75, 3.05) is 19.5 Å². The van der Waals surface area contributed by atoms with Crippen LogP contribution in [0.15, 0.2) is 48.5 Å². The Hall–Kier alpha value is -3.26. The topological polar surface area (TPSA) is 84.4 Å². The van der Waals surface area contributed by atoms with Crippen LogP contribution in [0.3, 0.4) is 0 Å². The molecular weight excluding hydrogens is 424 g/mol. The number of ether oxygens (including phenoxy) is 1. The molecule has 1 N–H and O–H groups in total. The van der Waals surface area contributed by atoms with E-state index in [1.807, 2.05) is 42.5 Å². The monoisotopic (exact) mass is 450 g/mol. The van der Waals surface area contributed by atoms with E-state index in [9.17, 15) is 9.59 Å². The maximum Gasteiger partial charge on any atom is 0.254 e. The Balaban J connectivity index is 1.75. The number of hydrogen-bond donors (Lipinski definition) is 1. The van der Waals surface area contributed by atoms with Crippen LogP contribution in [-0.2, 0) is 10.2 Å². The van der Waals surface area contributed by atoms with Gasteiger partial charge >= 0.3 is 0 Å². The number of aromatic nitrogens is 2. The van der Waals surface area contributed by atoms with Gasteiger partial charge < -0.3 is 9.64 Å². The van der Waals surface area contributed by atoms with Gasteiger partial charge in [-0.1, -0.05) is 62.4 Å². The number of fused-ring (bicyclic) bond motifs is 1. The van der Waals surface area contributed by atoms with Crippen molar-refractivity contribution in [1.82, 2.24) is 15.1 Å². The van der Waals surface area contributed by atoms with E-state index in [-0.39, 0.29) is 17.2 Å². The molecule has 0 bridgehead atoms. The van der Waals surface area contributed by atoms with Gasteiger partial charge in [-0.05, 0) is 29.3 Å². The van der Waals surface area contributed by atoms with Crippen LogP contribution in [0.25, 0.3) is 0 Å². The zero-order valence-corrected chi connectivity index (χ0v) is 19.6. The van der Waals surface area contributed by atoms with Gasteiger partial charge in [0.1, 0.15) is 10.8 Å². The molecule has 7 nitrogen and oxygen atoms in total. The van der Waals surface area contributed by atoms with Crippen LogP contribution >= 0.6 is 11.3 Å². The Morgan fingerprint density at radius 3 is 2.41 bits per heavy atom. The largest absolute Gasteiger partial charge is 0.497 e. The lowest BCUT2D eigenvalue weighted by Gasteiger charge is -2.39. The molecule has 2 aromatic carbocycles. The Morgan fingerprint density at radius 2 is 1.78 bits per heavy atom. The number of hydrogen-bond acceptors (Lipinski definition) is 6. The molecule has 1 aromatic heterocycles. The second kappa shape index (κ2) is 8.35. The summed E-state index contributed by atoms with van der Waals surface area (Å²) in [5.74, 6) is -0.238. The summed E-state index contributed by atoms with van der Waals surface area (Å²) in [7, 11) is 3.34. The first-order valence-electron chi connectivity index (χ1n) is 10.4. The van der Waals surface area contributed by atoms with E-state index in [4.69, 9.17) is 4.74 Å². The molecule has 2 unspecified atom stereocenters. The highest BCUT2D eigenvalue weighted by Crippen LogP contribution is 2.43. The maximum absolute atomic E-state index is 13.6. The first-order chi connectivity index (χ1) is 15.2. The van der Waals surface area contributed by atoms with E-state index >= 15 is 0 Å². The van der Waals surface area contributed by atoms with Crippen LogP contribution in [0.4, 0.5) is 5.13 Å². The number of nitrogens with one attached hydrogen (secondary N) is 1. The van der Waals surface area contributed by atoms with E-state index in [2.05, 4.69) is 36.3 Å². The van der Waals surface area contributed by atoms with Crippen molar-refractivity contribution >= 4 is 28.3 Å². The molecule has 1 aliphatic rings. The van der Waals surface area contributed by atoms with Gasteiger partial charge in [-0.3, -0.25) is 14.9 Å². The van der Waals surface area contributed by atoms with Crippen molar-refractivity contribution in [2.45, 2.75) is 38.1 Å². The molecule has 0 saturated carbocycles. The summed E-state index contributed by atoms with van der Waals surface area (Å²) in [6.45, 7) is 6.16. The minimum absolute atomic E-state index is 0.114. The number of nitrogens with zero attached hydrogens (tertiary/aromatic N) is 3. The molecule has 166 valence electrons. The van der Waals surface area contributed by atoms with Crippen LogP contribution in [0, 0.1) is 0 Å². The third kappa shape index (κ3) is 3.98. The predicted molar refractivity (Wildman–Crippen MR) is 124 cm³/mol. The van der Waals surface area contributed by atoms with Crippen LogP contribution < -0.4 is 10.1 Å². The average Bonchev–Trinajstić information content (AvgIpc) is 3.25. The van der Waals surface area contributed by atoms with Gasteiger partial charge in [-0.15, -0.1) is 10.2 Å². The molecule has 2 amide bonds. The normalized spacial score (nSPS) is 18.3. The molecule has 3 aromatic rings. The summed E-state index contributed by atoms with van der Waals surface area (Å²) in [6, 6.07) is 14.3. The molecule has 0 saturated heterocycles. The van der Waals surface area contributed by atoms with Crippen LogP contribution in [0.5, 0.6) is 5.75 Å². The van der Waals surface area contributed by atoms with Crippen molar-refractivity contribution in [2.24, 2.45) is 0 Å². The number of likely N-dealkylation sites (N-methyl/N-ethyl adjacent to an activating group) is 1. The fourth-order valence-corrected chi connectivity index (χ4v) is 4.74. The Kier molecular flexibility index (Phi) is 5.73. The van der Waals surface area contributed by atoms with Crippen molar-refractivity contribution in [1.29, 1.82) is 0 Å². The number of anilines is 1. The first-order valence-corrected chi connectivity index (χ1v) is 11.2. The highest BCUT2D eigenvalue weighted by molar-refractivity contribution is 7.15. The molecule has 1 aliphatic heterocycles. The quantitative estimate of drug-likeness (QED) is 0.637. The summed E-state index contributed by atoms with van der Waals surface area (Å²) < 4.78 is 5.27. The third-order valence-corrected chi connectivity index (χ3v) is 6.88. The van der Waals surface area contributed by atoms with Gasteiger partial charge in [0.2, 0.25) is 11.0 Å². The first kappa shape index (κ1) is 22.0. The zero-order valence-electron chi connectivity index (χ0n) is 18.7. The van der Waals surface area contributed by atoms with Gasteiger partial charge in [0, 0.05) is 18.0 Å². The fraction of sp³-hybridized carbons (Fsp3) is 0.333. The van der Waals surface area contributed by atoms with E-state index in [1.54, 1.807) is 25.1 Å². The standard InChI is InChI=1S/C24H26N4O3S/c1-24(2,3)22-26-27-23(32-22)25-20(29)18-16-8-6-7-9-17(16)21(30)28(4)19(18)14-10-12-15(31-5)13-11-14/h6-13,18-19H,1-5H3,(H,25,27,29). The molecule has 0 aliphatic carbocycles. The summed E-state index contributed by atoms with van der Waals surface area (Å²) in [5, 5.41) is 12.6. The van der Waals surface area contributed by atoms with Crippen molar-refractivity contribution < 1.29 is 14.3 Å². The minimum atomic E-state index is -0.607. The van der Waals surface area contributed by atoms with E-state index < -0.39 is 12.0 Å². The number of methoxy groups -OCH3 is 1. The van der Waals surface area contributed by atoms with Crippen molar-refractivity contribution in [3.05, 3.63) is 70.2 Å². The van der Waals surface area contributed by atoms with Gasteiger partial charge in [0.15, 0.2) is 0 Å². The van der Waals surface area contributed by atoms with E-state index in [0.717, 1.165) is 10.6 Å². The average molecular weight is 451 g/mol. The number of carbonyl (C=O) groups excluding carboxylic acids is 2. The molecule has 32 heavy (non-hydrogen) atoms. The Bertz CT molecular complexity index is 1150. The Labute approximate surface area is 191 Å². The number of benzene rings is 2. The lowest BCUT2D eigenvalue weighted by Crippen LogP contribution is -2.44. The SMILES string of the molecule is COc1ccc(C2C(C(=O)Nc3nnc(C(C)(C)C)s3)c3ccccc3C(=O)N2C)cc1. The molecule has 0 spiro atoms. The van der Waals surface area contributed by atoms with Gasteiger partial charge in [0.05, 0.1) is 19.1 Å². The van der Waals surface area contributed by atoms with Crippen LogP contribution in [-0.4, -0.2) is 41.1 Å². The molecule has 2 atom stereocenters. The molecule has 0 radical (unpaired) electrons. The van der Waals surface area contributed by atoms with Gasteiger partial charge in [0.25, 0.3) is 5.91 Å². The highest BCUT2D eigenvalue weighted by Gasteiger charge is 2.42. The molecule has 4 rings (SSSR count). The number of amides is 2. The molecule has 0 fully saturated rings. The smallest absolute Gasteiger partial charge is 0.254 e. The lowest BCUT2D eigenvalue weighted by atomic mass is 9.79. The Morgan fingerprint density at radius 1 is 1.09 bits per heavy atom. The van der Waals surface area contributed by atoms with Gasteiger partial charge in [-0.2, -0.15) is 0 Å². The second-order valence-electron chi connectivity index (χ2n) is 8.85. The van der Waals surface area contributed by atoms with Crippen molar-refractivity contribution in [3.8, 4) is 5.75 Å². The summed E-state index contributed by atoms with van der Waals surface area (Å²) in [4.78, 5) is 28.4. The lowest BCUT2D eigenvalue weighted by molar-refractivity contribution is -0.119. The third-order valence-electron chi connectivity index (χ3n) is 5.62.